The zero-order chi connectivity index (χ0) is 8.27. The molecule has 5 heteroatoms. The van der Waals surface area contributed by atoms with Gasteiger partial charge >= 0.3 is 0 Å². The molecule has 0 aromatic carbocycles. The third-order valence-corrected chi connectivity index (χ3v) is 1.69. The first kappa shape index (κ1) is 8.74. The van der Waals surface area contributed by atoms with E-state index in [9.17, 15) is 0 Å². The molecule has 0 bridgehead atoms. The van der Waals surface area contributed by atoms with Crippen molar-refractivity contribution in [2.24, 2.45) is 5.84 Å². The van der Waals surface area contributed by atoms with Crippen LogP contribution < -0.4 is 11.3 Å². The number of rotatable bonds is 2. The molecule has 0 atom stereocenters. The Morgan fingerprint density at radius 3 is 2.82 bits per heavy atom. The summed E-state index contributed by atoms with van der Waals surface area (Å²) in [5, 5.41) is 1.05. The predicted octanol–water partition coefficient (Wildman–Crippen LogP) is 1.35. The standard InChI is InChI=1S/C6H7Cl2N3/c7-4-1-5(8)6(3-11-9)10-2-4/h1-2,11H,3,9H2. The number of nitrogens with zero attached hydrogens (tertiary/aromatic N) is 1. The van der Waals surface area contributed by atoms with Crippen LogP contribution in [0, 0.1) is 0 Å². The van der Waals surface area contributed by atoms with Crippen LogP contribution >= 0.6 is 23.2 Å². The molecule has 0 fully saturated rings. The van der Waals surface area contributed by atoms with E-state index in [0.717, 1.165) is 0 Å². The van der Waals surface area contributed by atoms with Gasteiger partial charge in [-0.15, -0.1) is 0 Å². The first-order valence-electron chi connectivity index (χ1n) is 2.97. The summed E-state index contributed by atoms with van der Waals surface area (Å²) in [5.74, 6) is 5.09. The number of halogens is 2. The van der Waals surface area contributed by atoms with Crippen molar-refractivity contribution in [3.8, 4) is 0 Å². The second kappa shape index (κ2) is 3.88. The van der Waals surface area contributed by atoms with Crippen LogP contribution in [0.1, 0.15) is 5.69 Å². The molecule has 0 aliphatic rings. The maximum Gasteiger partial charge on any atom is 0.0742 e. The largest absolute Gasteiger partial charge is 0.271 e. The van der Waals surface area contributed by atoms with Crippen LogP contribution in [0.2, 0.25) is 10.0 Å². The molecule has 0 aliphatic carbocycles. The van der Waals surface area contributed by atoms with Gasteiger partial charge in [-0.05, 0) is 6.07 Å². The minimum atomic E-state index is 0.440. The van der Waals surface area contributed by atoms with Crippen molar-refractivity contribution in [3.63, 3.8) is 0 Å². The molecule has 0 unspecified atom stereocenters. The Bertz CT molecular complexity index is 252. The Hall–Kier alpha value is -0.350. The van der Waals surface area contributed by atoms with Crippen molar-refractivity contribution in [1.29, 1.82) is 0 Å². The van der Waals surface area contributed by atoms with Crippen molar-refractivity contribution < 1.29 is 0 Å². The molecule has 0 spiro atoms. The Balaban J connectivity index is 2.90. The minimum Gasteiger partial charge on any atom is -0.271 e. The average Bonchev–Trinajstić information content (AvgIpc) is 1.95. The summed E-state index contributed by atoms with van der Waals surface area (Å²) in [6.45, 7) is 0.440. The van der Waals surface area contributed by atoms with Gasteiger partial charge in [-0.2, -0.15) is 0 Å². The van der Waals surface area contributed by atoms with Crippen molar-refractivity contribution in [3.05, 3.63) is 28.0 Å². The van der Waals surface area contributed by atoms with Crippen LogP contribution in [0.3, 0.4) is 0 Å². The highest BCUT2D eigenvalue weighted by Gasteiger charge is 2.00. The summed E-state index contributed by atoms with van der Waals surface area (Å²) in [4.78, 5) is 3.96. The summed E-state index contributed by atoms with van der Waals surface area (Å²) in [5.41, 5.74) is 3.15. The van der Waals surface area contributed by atoms with Gasteiger partial charge in [-0.1, -0.05) is 23.2 Å². The number of nitrogens with one attached hydrogen (secondary N) is 1. The van der Waals surface area contributed by atoms with E-state index < -0.39 is 0 Å². The average molecular weight is 192 g/mol. The molecule has 0 saturated carbocycles. The van der Waals surface area contributed by atoms with Crippen molar-refractivity contribution >= 4 is 23.2 Å². The molecule has 0 radical (unpaired) electrons. The molecule has 1 aromatic rings. The number of aromatic nitrogens is 1. The SMILES string of the molecule is NNCc1ncc(Cl)cc1Cl. The topological polar surface area (TPSA) is 50.9 Å². The van der Waals surface area contributed by atoms with E-state index in [4.69, 9.17) is 29.0 Å². The second-order valence-corrected chi connectivity index (χ2v) is 2.81. The summed E-state index contributed by atoms with van der Waals surface area (Å²) in [7, 11) is 0. The van der Waals surface area contributed by atoms with Crippen LogP contribution in [0.25, 0.3) is 0 Å². The number of nitrogens with two attached hydrogens (primary N) is 1. The smallest absolute Gasteiger partial charge is 0.0742 e. The molecular weight excluding hydrogens is 185 g/mol. The van der Waals surface area contributed by atoms with Crippen LogP contribution in [-0.2, 0) is 6.54 Å². The third-order valence-electron chi connectivity index (χ3n) is 1.15. The molecule has 60 valence electrons. The fourth-order valence-corrected chi connectivity index (χ4v) is 1.12. The van der Waals surface area contributed by atoms with Gasteiger partial charge in [0.1, 0.15) is 0 Å². The zero-order valence-electron chi connectivity index (χ0n) is 5.64. The lowest BCUT2D eigenvalue weighted by Gasteiger charge is -2.00. The van der Waals surface area contributed by atoms with Crippen molar-refractivity contribution in [2.75, 3.05) is 0 Å². The van der Waals surface area contributed by atoms with Crippen molar-refractivity contribution in [1.82, 2.24) is 10.4 Å². The van der Waals surface area contributed by atoms with E-state index in [-0.39, 0.29) is 0 Å². The first-order chi connectivity index (χ1) is 5.24. The summed E-state index contributed by atoms with van der Waals surface area (Å²) < 4.78 is 0. The minimum absolute atomic E-state index is 0.440. The van der Waals surface area contributed by atoms with E-state index in [1.54, 1.807) is 6.07 Å². The molecule has 0 aliphatic heterocycles. The van der Waals surface area contributed by atoms with Crippen LogP contribution in [0.15, 0.2) is 12.3 Å². The maximum absolute atomic E-state index is 5.77. The Kier molecular flexibility index (Phi) is 3.08. The molecular formula is C6H7Cl2N3. The lowest BCUT2D eigenvalue weighted by atomic mass is 10.3. The van der Waals surface area contributed by atoms with Crippen LogP contribution in [0.5, 0.6) is 0 Å². The quantitative estimate of drug-likeness (QED) is 0.549. The van der Waals surface area contributed by atoms with Crippen LogP contribution in [0.4, 0.5) is 0 Å². The highest BCUT2D eigenvalue weighted by molar-refractivity contribution is 6.34. The second-order valence-electron chi connectivity index (χ2n) is 1.96. The van der Waals surface area contributed by atoms with E-state index >= 15 is 0 Å². The van der Waals surface area contributed by atoms with Gasteiger partial charge in [0.05, 0.1) is 22.3 Å². The number of hydrogen-bond donors (Lipinski definition) is 2. The molecule has 3 nitrogen and oxygen atoms in total. The Labute approximate surface area is 74.5 Å². The van der Waals surface area contributed by atoms with Gasteiger partial charge in [0.25, 0.3) is 0 Å². The van der Waals surface area contributed by atoms with E-state index in [1.165, 1.54) is 6.20 Å². The summed E-state index contributed by atoms with van der Waals surface area (Å²) in [6, 6.07) is 1.63. The molecule has 1 aromatic heterocycles. The van der Waals surface area contributed by atoms with Crippen molar-refractivity contribution in [2.45, 2.75) is 6.54 Å². The molecule has 0 saturated heterocycles. The fraction of sp³-hybridized carbons (Fsp3) is 0.167. The highest BCUT2D eigenvalue weighted by atomic mass is 35.5. The molecule has 1 heterocycles. The highest BCUT2D eigenvalue weighted by Crippen LogP contribution is 2.17. The number of hydrazine groups is 1. The lowest BCUT2D eigenvalue weighted by molar-refractivity contribution is 0.723. The fourth-order valence-electron chi connectivity index (χ4n) is 0.670. The van der Waals surface area contributed by atoms with Crippen LogP contribution in [-0.4, -0.2) is 4.98 Å². The normalized spacial score (nSPS) is 10.1. The van der Waals surface area contributed by atoms with Gasteiger partial charge in [0, 0.05) is 6.20 Å². The molecule has 0 amide bonds. The Morgan fingerprint density at radius 1 is 1.55 bits per heavy atom. The summed E-state index contributed by atoms with van der Waals surface area (Å²) >= 11 is 11.4. The van der Waals surface area contributed by atoms with Gasteiger partial charge in [0.15, 0.2) is 0 Å². The van der Waals surface area contributed by atoms with E-state index in [1.807, 2.05) is 0 Å². The Morgan fingerprint density at radius 2 is 2.27 bits per heavy atom. The molecule has 3 N–H and O–H groups in total. The number of hydrogen-bond acceptors (Lipinski definition) is 3. The van der Waals surface area contributed by atoms with E-state index in [0.29, 0.717) is 22.3 Å². The molecule has 11 heavy (non-hydrogen) atoms. The van der Waals surface area contributed by atoms with Gasteiger partial charge < -0.3 is 0 Å². The monoisotopic (exact) mass is 191 g/mol. The summed E-state index contributed by atoms with van der Waals surface area (Å²) in [6.07, 6.45) is 1.53. The lowest BCUT2D eigenvalue weighted by Crippen LogP contribution is -2.21. The number of pyridine rings is 1. The predicted molar refractivity (Wildman–Crippen MR) is 45.3 cm³/mol. The van der Waals surface area contributed by atoms with Gasteiger partial charge in [-0.25, -0.2) is 0 Å². The molecule has 1 rings (SSSR count). The van der Waals surface area contributed by atoms with Gasteiger partial charge in [-0.3, -0.25) is 16.3 Å². The third kappa shape index (κ3) is 2.31. The van der Waals surface area contributed by atoms with Gasteiger partial charge in [0.2, 0.25) is 0 Å². The first-order valence-corrected chi connectivity index (χ1v) is 3.73. The van der Waals surface area contributed by atoms with E-state index in [2.05, 4.69) is 10.4 Å². The maximum atomic E-state index is 5.77. The zero-order valence-corrected chi connectivity index (χ0v) is 7.15.